The summed E-state index contributed by atoms with van der Waals surface area (Å²) in [6.45, 7) is 4.04. The van der Waals surface area contributed by atoms with Gasteiger partial charge in [-0.1, -0.05) is 38.1 Å². The lowest BCUT2D eigenvalue weighted by Gasteiger charge is -2.02. The van der Waals surface area contributed by atoms with Crippen LogP contribution in [0.2, 0.25) is 0 Å². The second kappa shape index (κ2) is 7.27. The van der Waals surface area contributed by atoms with Crippen LogP contribution in [0.3, 0.4) is 0 Å². The molecule has 0 radical (unpaired) electrons. The molecule has 158 valence electrons. The van der Waals surface area contributed by atoms with Crippen LogP contribution in [0, 0.1) is 0 Å². The summed E-state index contributed by atoms with van der Waals surface area (Å²) in [5, 5.41) is 0.547. The Balaban J connectivity index is 1.76. The molecule has 6 heteroatoms. The van der Waals surface area contributed by atoms with Crippen molar-refractivity contribution in [2.45, 2.75) is 26.7 Å². The van der Waals surface area contributed by atoms with Crippen molar-refractivity contribution in [3.63, 3.8) is 0 Å². The molecule has 5 aromatic rings. The maximum Gasteiger partial charge on any atom is 0.266 e. The van der Waals surface area contributed by atoms with Crippen molar-refractivity contribution in [1.29, 1.82) is 0 Å². The van der Waals surface area contributed by atoms with Gasteiger partial charge in [-0.3, -0.25) is 19.2 Å². The molecule has 3 aromatic carbocycles. The highest BCUT2D eigenvalue weighted by Gasteiger charge is 2.20. The second-order valence-corrected chi connectivity index (χ2v) is 7.87. The molecule has 0 bridgehead atoms. The number of aromatic nitrogens is 2. The normalized spacial score (nSPS) is 11.6. The van der Waals surface area contributed by atoms with Crippen LogP contribution >= 0.6 is 0 Å². The smallest absolute Gasteiger partial charge is 0.266 e. The molecule has 0 amide bonds. The third kappa shape index (κ3) is 2.80. The third-order valence-electron chi connectivity index (χ3n) is 6.10. The van der Waals surface area contributed by atoms with E-state index in [4.69, 9.17) is 0 Å². The molecule has 6 nitrogen and oxygen atoms in total. The van der Waals surface area contributed by atoms with Crippen molar-refractivity contribution in [1.82, 2.24) is 9.13 Å². The van der Waals surface area contributed by atoms with Gasteiger partial charge in [0.05, 0.1) is 32.9 Å². The van der Waals surface area contributed by atoms with E-state index in [1.807, 2.05) is 38.1 Å². The fourth-order valence-electron chi connectivity index (χ4n) is 4.20. The molecular formula is C26H20N2O4. The first-order valence-electron chi connectivity index (χ1n) is 10.6. The predicted octanol–water partition coefficient (Wildman–Crippen LogP) is 3.02. The topological polar surface area (TPSA) is 78.1 Å². The number of hydrogen-bond donors (Lipinski definition) is 0. The van der Waals surface area contributed by atoms with Crippen LogP contribution in [0.4, 0.5) is 0 Å². The first-order valence-corrected chi connectivity index (χ1v) is 10.6. The van der Waals surface area contributed by atoms with Crippen LogP contribution in [0.15, 0.2) is 79.8 Å². The summed E-state index contributed by atoms with van der Waals surface area (Å²) in [5.41, 5.74) is 1.12. The van der Waals surface area contributed by atoms with E-state index in [9.17, 15) is 19.2 Å². The molecule has 2 aromatic heterocycles. The first kappa shape index (κ1) is 19.9. The lowest BCUT2D eigenvalue weighted by atomic mass is 10.1. The van der Waals surface area contributed by atoms with Gasteiger partial charge in [-0.15, -0.1) is 0 Å². The largest absolute Gasteiger partial charge is 0.268 e. The highest BCUT2D eigenvalue weighted by molar-refractivity contribution is 5.98. The molecule has 0 unspecified atom stereocenters. The number of nitrogens with zero attached hydrogens (tertiary/aromatic N) is 2. The van der Waals surface area contributed by atoms with Gasteiger partial charge < -0.3 is 0 Å². The van der Waals surface area contributed by atoms with Crippen molar-refractivity contribution < 1.29 is 0 Å². The molecule has 0 saturated carbocycles. The van der Waals surface area contributed by atoms with Gasteiger partial charge in [-0.05, 0) is 60.4 Å². The lowest BCUT2D eigenvalue weighted by Crippen LogP contribution is -2.24. The Kier molecular flexibility index (Phi) is 4.51. The Morgan fingerprint density at radius 2 is 0.781 bits per heavy atom. The van der Waals surface area contributed by atoms with Gasteiger partial charge >= 0.3 is 0 Å². The van der Waals surface area contributed by atoms with E-state index in [0.29, 0.717) is 11.4 Å². The first-order chi connectivity index (χ1) is 15.4. The minimum Gasteiger partial charge on any atom is -0.268 e. The quantitative estimate of drug-likeness (QED) is 0.444. The van der Waals surface area contributed by atoms with Crippen molar-refractivity contribution in [2.75, 3.05) is 0 Å². The Morgan fingerprint density at radius 1 is 0.500 bits per heavy atom. The van der Waals surface area contributed by atoms with Crippen molar-refractivity contribution in [2.24, 2.45) is 0 Å². The van der Waals surface area contributed by atoms with E-state index < -0.39 is 22.2 Å². The van der Waals surface area contributed by atoms with E-state index >= 15 is 0 Å². The number of benzene rings is 3. The van der Waals surface area contributed by atoms with E-state index in [1.54, 1.807) is 24.3 Å². The Hall–Kier alpha value is -4.06. The number of hydrogen-bond acceptors (Lipinski definition) is 4. The third-order valence-corrected chi connectivity index (χ3v) is 6.10. The summed E-state index contributed by atoms with van der Waals surface area (Å²) in [6.07, 6.45) is 1.69. The molecule has 32 heavy (non-hydrogen) atoms. The van der Waals surface area contributed by atoms with Crippen LogP contribution in [-0.2, 0) is 12.8 Å². The Morgan fingerprint density at radius 3 is 1.03 bits per heavy atom. The summed E-state index contributed by atoms with van der Waals surface area (Å²) < 4.78 is 2.19. The average molecular weight is 424 g/mol. The molecule has 0 aliphatic carbocycles. The molecule has 0 saturated heterocycles. The van der Waals surface area contributed by atoms with Gasteiger partial charge in [0.25, 0.3) is 22.2 Å². The zero-order chi connectivity index (χ0) is 22.6. The highest BCUT2D eigenvalue weighted by atomic mass is 16.2. The van der Waals surface area contributed by atoms with Gasteiger partial charge in [-0.25, -0.2) is 9.13 Å². The van der Waals surface area contributed by atoms with Gasteiger partial charge in [0, 0.05) is 0 Å². The summed E-state index contributed by atoms with van der Waals surface area (Å²) in [4.78, 5) is 52.3. The van der Waals surface area contributed by atoms with Crippen molar-refractivity contribution in [3.05, 3.63) is 113 Å². The maximum absolute atomic E-state index is 13.1. The molecule has 0 fully saturated rings. The molecule has 0 atom stereocenters. The minimum absolute atomic E-state index is 0.137. The van der Waals surface area contributed by atoms with Gasteiger partial charge in [-0.2, -0.15) is 0 Å². The molecular weight excluding hydrogens is 404 g/mol. The fourth-order valence-corrected chi connectivity index (χ4v) is 4.20. The lowest BCUT2D eigenvalue weighted by molar-refractivity contribution is 0.983. The van der Waals surface area contributed by atoms with E-state index in [-0.39, 0.29) is 21.5 Å². The average Bonchev–Trinajstić information content (AvgIpc) is 3.22. The van der Waals surface area contributed by atoms with Gasteiger partial charge in [0.1, 0.15) is 0 Å². The van der Waals surface area contributed by atoms with E-state index in [1.165, 1.54) is 12.1 Å². The standard InChI is InChI=1S/C26H20N2O4/c1-3-15-5-9-17(10-6-15)27-23(29)19-13-21-22(14-20(19)24(27)30)26(32)28(25(21)31)18-11-7-16(4-2)8-12-18/h5-14H,3-4H2,1-2H3. The van der Waals surface area contributed by atoms with Crippen LogP contribution in [0.5, 0.6) is 0 Å². The second-order valence-electron chi connectivity index (χ2n) is 7.87. The number of fused-ring (bicyclic) bond motifs is 2. The Bertz CT molecular complexity index is 1490. The van der Waals surface area contributed by atoms with E-state index in [0.717, 1.165) is 33.1 Å². The zero-order valence-electron chi connectivity index (χ0n) is 17.7. The summed E-state index contributed by atoms with van der Waals surface area (Å²) in [7, 11) is 0. The monoisotopic (exact) mass is 424 g/mol. The van der Waals surface area contributed by atoms with Crippen LogP contribution in [0.1, 0.15) is 25.0 Å². The fraction of sp³-hybridized carbons (Fsp3) is 0.154. The zero-order valence-corrected chi connectivity index (χ0v) is 17.7. The molecule has 0 N–H and O–H groups in total. The molecule has 5 rings (SSSR count). The number of aryl methyl sites for hydroxylation is 2. The molecule has 0 aliphatic rings. The van der Waals surface area contributed by atoms with Gasteiger partial charge in [0.15, 0.2) is 0 Å². The van der Waals surface area contributed by atoms with Crippen LogP contribution in [-0.4, -0.2) is 9.13 Å². The van der Waals surface area contributed by atoms with Crippen molar-refractivity contribution >= 4 is 21.5 Å². The van der Waals surface area contributed by atoms with Crippen molar-refractivity contribution in [3.8, 4) is 11.4 Å². The summed E-state index contributed by atoms with van der Waals surface area (Å²) >= 11 is 0. The van der Waals surface area contributed by atoms with Gasteiger partial charge in [0.2, 0.25) is 0 Å². The predicted molar refractivity (Wildman–Crippen MR) is 126 cm³/mol. The Labute approximate surface area is 182 Å². The molecule has 2 heterocycles. The SMILES string of the molecule is CCc1ccc(-n2c(=O)c3cc4c(=O)n(-c5ccc(CC)cc5)c(=O)c4cc3c2=O)cc1. The summed E-state index contributed by atoms with van der Waals surface area (Å²) in [5.74, 6) is 0. The molecule has 0 aliphatic heterocycles. The molecule has 0 spiro atoms. The minimum atomic E-state index is -0.497. The summed E-state index contributed by atoms with van der Waals surface area (Å²) in [6, 6.07) is 17.1. The van der Waals surface area contributed by atoms with Crippen LogP contribution in [0.25, 0.3) is 32.9 Å². The van der Waals surface area contributed by atoms with Crippen LogP contribution < -0.4 is 22.2 Å². The number of rotatable bonds is 4. The van der Waals surface area contributed by atoms with E-state index in [2.05, 4.69) is 0 Å². The maximum atomic E-state index is 13.1. The highest BCUT2D eigenvalue weighted by Crippen LogP contribution is 2.18.